The normalized spacial score (nSPS) is 12.4. The Morgan fingerprint density at radius 2 is 1.42 bits per heavy atom. The molecule has 0 spiro atoms. The first-order chi connectivity index (χ1) is 12.4. The van der Waals surface area contributed by atoms with Gasteiger partial charge in [0, 0.05) is 12.4 Å². The lowest BCUT2D eigenvalue weighted by molar-refractivity contribution is 0.00695. The second-order valence-electron chi connectivity index (χ2n) is 7.07. The Labute approximate surface area is 153 Å². The summed E-state index contributed by atoms with van der Waals surface area (Å²) in [4.78, 5) is 21.1. The Hall–Kier alpha value is -3.01. The number of ether oxygens (including phenoxy) is 1. The third kappa shape index (κ3) is 4.33. The topological polar surface area (TPSA) is 52.1 Å². The Balaban J connectivity index is 1.94. The standard InChI is InChI=1S/C22H22N2O2/c1-22(2,3)26-21(25)18-12-10-17(11-13-18)19(16-8-5-4-6-9-16)20-23-14-7-15-24-20/h4-15,19H,1-3H3. The number of aromatic nitrogens is 2. The largest absolute Gasteiger partial charge is 0.456 e. The first-order valence-electron chi connectivity index (χ1n) is 8.59. The molecule has 0 saturated carbocycles. The zero-order valence-corrected chi connectivity index (χ0v) is 15.2. The van der Waals surface area contributed by atoms with Crippen LogP contribution in [0.15, 0.2) is 73.1 Å². The molecular formula is C22H22N2O2. The highest BCUT2D eigenvalue weighted by Crippen LogP contribution is 2.29. The fraction of sp³-hybridized carbons (Fsp3) is 0.227. The number of rotatable bonds is 4. The van der Waals surface area contributed by atoms with Crippen molar-refractivity contribution >= 4 is 5.97 Å². The molecule has 132 valence electrons. The maximum absolute atomic E-state index is 12.2. The highest BCUT2D eigenvalue weighted by Gasteiger charge is 2.21. The van der Waals surface area contributed by atoms with Crippen molar-refractivity contribution in [2.45, 2.75) is 32.3 Å². The maximum Gasteiger partial charge on any atom is 0.338 e. The van der Waals surface area contributed by atoms with Crippen LogP contribution in [0.2, 0.25) is 0 Å². The molecule has 3 rings (SSSR count). The summed E-state index contributed by atoms with van der Waals surface area (Å²) in [6, 6.07) is 19.4. The summed E-state index contributed by atoms with van der Waals surface area (Å²) in [6.07, 6.45) is 3.49. The summed E-state index contributed by atoms with van der Waals surface area (Å²) in [5, 5.41) is 0. The fourth-order valence-corrected chi connectivity index (χ4v) is 2.74. The minimum Gasteiger partial charge on any atom is -0.456 e. The van der Waals surface area contributed by atoms with Crippen molar-refractivity contribution in [2.75, 3.05) is 0 Å². The number of benzene rings is 2. The summed E-state index contributed by atoms with van der Waals surface area (Å²) >= 11 is 0. The van der Waals surface area contributed by atoms with Crippen LogP contribution < -0.4 is 0 Å². The molecule has 0 N–H and O–H groups in total. The van der Waals surface area contributed by atoms with E-state index in [2.05, 4.69) is 22.1 Å². The first kappa shape index (κ1) is 17.8. The summed E-state index contributed by atoms with van der Waals surface area (Å²) in [7, 11) is 0. The quantitative estimate of drug-likeness (QED) is 0.647. The predicted molar refractivity (Wildman–Crippen MR) is 101 cm³/mol. The molecule has 1 heterocycles. The van der Waals surface area contributed by atoms with E-state index in [4.69, 9.17) is 4.74 Å². The lowest BCUT2D eigenvalue weighted by Crippen LogP contribution is -2.23. The van der Waals surface area contributed by atoms with Gasteiger partial charge in [-0.15, -0.1) is 0 Å². The van der Waals surface area contributed by atoms with E-state index in [0.29, 0.717) is 5.56 Å². The van der Waals surface area contributed by atoms with E-state index in [1.165, 1.54) is 0 Å². The average Bonchev–Trinajstić information content (AvgIpc) is 2.63. The van der Waals surface area contributed by atoms with Crippen LogP contribution in [0.5, 0.6) is 0 Å². The summed E-state index contributed by atoms with van der Waals surface area (Å²) in [5.74, 6) is 0.310. The third-order valence-electron chi connectivity index (χ3n) is 3.86. The molecule has 0 aliphatic heterocycles. The number of hydrogen-bond acceptors (Lipinski definition) is 4. The van der Waals surface area contributed by atoms with Crippen LogP contribution in [0.1, 0.15) is 54.0 Å². The van der Waals surface area contributed by atoms with E-state index >= 15 is 0 Å². The second-order valence-corrected chi connectivity index (χ2v) is 7.07. The van der Waals surface area contributed by atoms with Crippen LogP contribution in [0, 0.1) is 0 Å². The molecular weight excluding hydrogens is 324 g/mol. The van der Waals surface area contributed by atoms with Crippen molar-refractivity contribution in [3.8, 4) is 0 Å². The Kier molecular flexibility index (Phi) is 5.12. The number of carbonyl (C=O) groups is 1. The van der Waals surface area contributed by atoms with Gasteiger partial charge in [-0.1, -0.05) is 42.5 Å². The van der Waals surface area contributed by atoms with E-state index < -0.39 is 5.60 Å². The number of hydrogen-bond donors (Lipinski definition) is 0. The van der Waals surface area contributed by atoms with Crippen molar-refractivity contribution in [3.63, 3.8) is 0 Å². The van der Waals surface area contributed by atoms with Gasteiger partial charge >= 0.3 is 5.97 Å². The van der Waals surface area contributed by atoms with E-state index in [1.54, 1.807) is 30.6 Å². The average molecular weight is 346 g/mol. The molecule has 4 nitrogen and oxygen atoms in total. The van der Waals surface area contributed by atoms with Gasteiger partial charge < -0.3 is 4.74 Å². The van der Waals surface area contributed by atoms with Crippen LogP contribution in [0.4, 0.5) is 0 Å². The number of carbonyl (C=O) groups excluding carboxylic acids is 1. The van der Waals surface area contributed by atoms with Crippen LogP contribution in [0.3, 0.4) is 0 Å². The molecule has 3 aromatic rings. The van der Waals surface area contributed by atoms with Crippen molar-refractivity contribution in [1.82, 2.24) is 9.97 Å². The Morgan fingerprint density at radius 1 is 0.846 bits per heavy atom. The molecule has 0 aliphatic carbocycles. The van der Waals surface area contributed by atoms with Gasteiger partial charge in [0.2, 0.25) is 0 Å². The van der Waals surface area contributed by atoms with E-state index in [0.717, 1.165) is 17.0 Å². The van der Waals surface area contributed by atoms with Gasteiger partial charge in [-0.3, -0.25) is 0 Å². The molecule has 0 aliphatic rings. The predicted octanol–water partition coefficient (Wildman–Crippen LogP) is 4.61. The number of esters is 1. The van der Waals surface area contributed by atoms with Crippen LogP contribution in [-0.4, -0.2) is 21.5 Å². The minimum atomic E-state index is -0.514. The molecule has 0 radical (unpaired) electrons. The van der Waals surface area contributed by atoms with Gasteiger partial charge in [0.05, 0.1) is 11.5 Å². The van der Waals surface area contributed by atoms with E-state index in [1.807, 2.05) is 51.1 Å². The zero-order valence-electron chi connectivity index (χ0n) is 15.2. The van der Waals surface area contributed by atoms with Gasteiger partial charge in [-0.2, -0.15) is 0 Å². The fourth-order valence-electron chi connectivity index (χ4n) is 2.74. The van der Waals surface area contributed by atoms with Crippen molar-refractivity contribution in [1.29, 1.82) is 0 Å². The summed E-state index contributed by atoms with van der Waals surface area (Å²) in [5.41, 5.74) is 2.14. The molecule has 0 bridgehead atoms. The smallest absolute Gasteiger partial charge is 0.338 e. The second kappa shape index (κ2) is 7.48. The monoisotopic (exact) mass is 346 g/mol. The zero-order chi connectivity index (χ0) is 18.6. The van der Waals surface area contributed by atoms with Crippen LogP contribution in [0.25, 0.3) is 0 Å². The third-order valence-corrected chi connectivity index (χ3v) is 3.86. The van der Waals surface area contributed by atoms with Crippen molar-refractivity contribution in [2.24, 2.45) is 0 Å². The molecule has 0 fully saturated rings. The molecule has 2 aromatic carbocycles. The van der Waals surface area contributed by atoms with Gasteiger partial charge in [-0.05, 0) is 50.1 Å². The SMILES string of the molecule is CC(C)(C)OC(=O)c1ccc(C(c2ccccc2)c2ncccn2)cc1. The summed E-state index contributed by atoms with van der Waals surface area (Å²) in [6.45, 7) is 5.58. The van der Waals surface area contributed by atoms with Crippen molar-refractivity contribution < 1.29 is 9.53 Å². The molecule has 1 atom stereocenters. The molecule has 0 amide bonds. The first-order valence-corrected chi connectivity index (χ1v) is 8.59. The lowest BCUT2D eigenvalue weighted by Gasteiger charge is -2.20. The van der Waals surface area contributed by atoms with Crippen LogP contribution >= 0.6 is 0 Å². The maximum atomic E-state index is 12.2. The molecule has 1 unspecified atom stereocenters. The number of nitrogens with zero attached hydrogens (tertiary/aromatic N) is 2. The summed E-state index contributed by atoms with van der Waals surface area (Å²) < 4.78 is 5.43. The molecule has 26 heavy (non-hydrogen) atoms. The van der Waals surface area contributed by atoms with Gasteiger partial charge in [0.1, 0.15) is 11.4 Å². The highest BCUT2D eigenvalue weighted by molar-refractivity contribution is 5.89. The Morgan fingerprint density at radius 3 is 2.00 bits per heavy atom. The van der Waals surface area contributed by atoms with E-state index in [9.17, 15) is 4.79 Å². The van der Waals surface area contributed by atoms with Gasteiger partial charge in [0.25, 0.3) is 0 Å². The highest BCUT2D eigenvalue weighted by atomic mass is 16.6. The molecule has 0 saturated heterocycles. The van der Waals surface area contributed by atoms with Crippen LogP contribution in [-0.2, 0) is 4.74 Å². The molecule has 1 aromatic heterocycles. The minimum absolute atomic E-state index is 0.0925. The van der Waals surface area contributed by atoms with Crippen molar-refractivity contribution in [3.05, 3.63) is 95.6 Å². The van der Waals surface area contributed by atoms with Gasteiger partial charge in [0.15, 0.2) is 0 Å². The Bertz CT molecular complexity index is 815. The van der Waals surface area contributed by atoms with Gasteiger partial charge in [-0.25, -0.2) is 14.8 Å². The molecule has 4 heteroatoms. The van der Waals surface area contributed by atoms with E-state index in [-0.39, 0.29) is 11.9 Å². The lowest BCUT2D eigenvalue weighted by atomic mass is 9.90.